The topological polar surface area (TPSA) is 53.1 Å². The molecule has 0 amide bonds. The second-order valence-corrected chi connectivity index (χ2v) is 3.92. The Morgan fingerprint density at radius 3 is 2.95 bits per heavy atom. The maximum atomic E-state index is 13.6. The van der Waals surface area contributed by atoms with Gasteiger partial charge in [-0.25, -0.2) is 4.39 Å². The van der Waals surface area contributed by atoms with Crippen molar-refractivity contribution in [3.05, 3.63) is 47.5 Å². The number of ether oxygens (including phenoxy) is 1. The number of aryl methyl sites for hydroxylation is 1. The van der Waals surface area contributed by atoms with Gasteiger partial charge in [0, 0.05) is 18.8 Å². The third-order valence-electron chi connectivity index (χ3n) is 2.41. The molecule has 0 aliphatic carbocycles. The molecule has 4 nitrogen and oxygen atoms in total. The van der Waals surface area contributed by atoms with Crippen molar-refractivity contribution >= 4 is 0 Å². The summed E-state index contributed by atoms with van der Waals surface area (Å²) in [7, 11) is 1.81. The molecule has 0 aliphatic heterocycles. The Morgan fingerprint density at radius 1 is 1.42 bits per heavy atom. The van der Waals surface area contributed by atoms with E-state index in [1.807, 2.05) is 13.1 Å². The van der Waals surface area contributed by atoms with E-state index >= 15 is 0 Å². The van der Waals surface area contributed by atoms with Crippen molar-refractivity contribution in [1.82, 2.24) is 9.78 Å². The molecule has 0 spiro atoms. The van der Waals surface area contributed by atoms with Crippen LogP contribution < -0.4 is 10.5 Å². The van der Waals surface area contributed by atoms with Crippen LogP contribution >= 0.6 is 0 Å². The lowest BCUT2D eigenvalue weighted by molar-refractivity contribution is 0.285. The molecule has 2 aromatic rings. The summed E-state index contributed by atoms with van der Waals surface area (Å²) in [4.78, 5) is 0. The van der Waals surface area contributed by atoms with Gasteiger partial charge in [0.15, 0.2) is 11.6 Å². The lowest BCUT2D eigenvalue weighted by Gasteiger charge is -2.06. The van der Waals surface area contributed by atoms with Crippen molar-refractivity contribution in [2.45, 2.75) is 6.61 Å². The molecule has 0 saturated heterocycles. The van der Waals surface area contributed by atoms with Gasteiger partial charge in [-0.05, 0) is 24.3 Å². The van der Waals surface area contributed by atoms with E-state index in [0.29, 0.717) is 5.56 Å². The molecule has 0 bridgehead atoms. The minimum Gasteiger partial charge on any atom is -0.484 e. The van der Waals surface area contributed by atoms with Gasteiger partial charge >= 0.3 is 0 Å². The number of nitrogens with zero attached hydrogens (tertiary/aromatic N) is 2. The largest absolute Gasteiger partial charge is 0.484 e. The Bertz CT molecular complexity index is 625. The number of hydrogen-bond donors (Lipinski definition) is 1. The highest BCUT2D eigenvalue weighted by Gasteiger charge is 2.05. The zero-order valence-electron chi connectivity index (χ0n) is 10.6. The van der Waals surface area contributed by atoms with Gasteiger partial charge in [-0.1, -0.05) is 11.8 Å². The van der Waals surface area contributed by atoms with E-state index in [-0.39, 0.29) is 18.9 Å². The summed E-state index contributed by atoms with van der Waals surface area (Å²) in [6, 6.07) is 6.29. The fraction of sp³-hybridized carbons (Fsp3) is 0.214. The quantitative estimate of drug-likeness (QED) is 0.849. The van der Waals surface area contributed by atoms with Crippen molar-refractivity contribution in [1.29, 1.82) is 0 Å². The maximum Gasteiger partial charge on any atom is 0.165 e. The number of halogens is 1. The number of nitrogens with two attached hydrogens (primary N) is 1. The number of aromatic nitrogens is 2. The summed E-state index contributed by atoms with van der Waals surface area (Å²) in [6.45, 7) is 0.479. The van der Waals surface area contributed by atoms with Crippen LogP contribution in [0.1, 0.15) is 11.3 Å². The van der Waals surface area contributed by atoms with Crippen molar-refractivity contribution in [2.24, 2.45) is 12.8 Å². The monoisotopic (exact) mass is 259 g/mol. The van der Waals surface area contributed by atoms with E-state index in [1.54, 1.807) is 23.0 Å². The number of benzene rings is 1. The molecule has 0 atom stereocenters. The molecule has 1 heterocycles. The van der Waals surface area contributed by atoms with Crippen molar-refractivity contribution < 1.29 is 9.13 Å². The van der Waals surface area contributed by atoms with E-state index in [1.165, 1.54) is 6.07 Å². The summed E-state index contributed by atoms with van der Waals surface area (Å²) in [5.74, 6) is 5.28. The second-order valence-electron chi connectivity index (χ2n) is 3.92. The highest BCUT2D eigenvalue weighted by molar-refractivity contribution is 5.40. The zero-order valence-corrected chi connectivity index (χ0v) is 10.6. The Kier molecular flexibility index (Phi) is 4.16. The van der Waals surface area contributed by atoms with Gasteiger partial charge in [-0.15, -0.1) is 0 Å². The van der Waals surface area contributed by atoms with Crippen LogP contribution in [0.2, 0.25) is 0 Å². The molecule has 0 unspecified atom stereocenters. The van der Waals surface area contributed by atoms with Crippen LogP contribution in [0, 0.1) is 17.7 Å². The first kappa shape index (κ1) is 13.1. The van der Waals surface area contributed by atoms with Crippen LogP contribution in [0.3, 0.4) is 0 Å². The SMILES string of the molecule is Cn1ccc(COc2cc(C#CCN)ccc2F)n1. The first-order valence-corrected chi connectivity index (χ1v) is 5.79. The first-order chi connectivity index (χ1) is 9.19. The van der Waals surface area contributed by atoms with Gasteiger partial charge in [0.25, 0.3) is 0 Å². The van der Waals surface area contributed by atoms with E-state index in [0.717, 1.165) is 5.69 Å². The summed E-state index contributed by atoms with van der Waals surface area (Å²) >= 11 is 0. The molecule has 5 heteroatoms. The van der Waals surface area contributed by atoms with Gasteiger partial charge in [0.05, 0.1) is 12.2 Å². The minimum atomic E-state index is -0.422. The lowest BCUT2D eigenvalue weighted by atomic mass is 10.2. The van der Waals surface area contributed by atoms with Crippen LogP contribution in [-0.4, -0.2) is 16.3 Å². The normalized spacial score (nSPS) is 9.84. The van der Waals surface area contributed by atoms with Crippen LogP contribution in [0.15, 0.2) is 30.5 Å². The molecule has 19 heavy (non-hydrogen) atoms. The third-order valence-corrected chi connectivity index (χ3v) is 2.41. The Labute approximate surface area is 111 Å². The molecule has 0 fully saturated rings. The van der Waals surface area contributed by atoms with E-state index < -0.39 is 5.82 Å². The Morgan fingerprint density at radius 2 is 2.26 bits per heavy atom. The smallest absolute Gasteiger partial charge is 0.165 e. The Balaban J connectivity index is 2.10. The summed E-state index contributed by atoms with van der Waals surface area (Å²) < 4.78 is 20.6. The van der Waals surface area contributed by atoms with Gasteiger partial charge in [0.2, 0.25) is 0 Å². The molecule has 98 valence electrons. The Hall–Kier alpha value is -2.32. The fourth-order valence-corrected chi connectivity index (χ4v) is 1.54. The average molecular weight is 259 g/mol. The number of rotatable bonds is 3. The molecule has 1 aromatic carbocycles. The summed E-state index contributed by atoms with van der Waals surface area (Å²) in [6.07, 6.45) is 1.80. The van der Waals surface area contributed by atoms with Gasteiger partial charge < -0.3 is 10.5 Å². The highest BCUT2D eigenvalue weighted by Crippen LogP contribution is 2.19. The zero-order chi connectivity index (χ0) is 13.7. The van der Waals surface area contributed by atoms with E-state index in [2.05, 4.69) is 16.9 Å². The summed E-state index contributed by atoms with van der Waals surface area (Å²) in [5, 5.41) is 4.15. The van der Waals surface area contributed by atoms with Gasteiger partial charge in [0.1, 0.15) is 6.61 Å². The lowest BCUT2D eigenvalue weighted by Crippen LogP contribution is -2.00. The predicted octanol–water partition coefficient (Wildman–Crippen LogP) is 1.45. The molecule has 0 aliphatic rings. The molecule has 0 saturated carbocycles. The molecular formula is C14H14FN3O. The van der Waals surface area contributed by atoms with Crippen LogP contribution in [0.5, 0.6) is 5.75 Å². The van der Waals surface area contributed by atoms with Crippen LogP contribution in [0.25, 0.3) is 0 Å². The molecule has 1 aromatic heterocycles. The highest BCUT2D eigenvalue weighted by atomic mass is 19.1. The summed E-state index contributed by atoms with van der Waals surface area (Å²) in [5.41, 5.74) is 6.70. The molecule has 0 radical (unpaired) electrons. The first-order valence-electron chi connectivity index (χ1n) is 5.79. The standard InChI is InChI=1S/C14H14FN3O/c1-18-8-6-12(17-18)10-19-14-9-11(3-2-7-16)4-5-13(14)15/h4-6,8-9H,7,10,16H2,1H3. The predicted molar refractivity (Wildman–Crippen MR) is 69.9 cm³/mol. The van der Waals surface area contributed by atoms with Crippen molar-refractivity contribution in [3.63, 3.8) is 0 Å². The molecule has 2 N–H and O–H groups in total. The van der Waals surface area contributed by atoms with Crippen LogP contribution in [-0.2, 0) is 13.7 Å². The van der Waals surface area contributed by atoms with Gasteiger partial charge in [-0.2, -0.15) is 5.10 Å². The van der Waals surface area contributed by atoms with Crippen molar-refractivity contribution in [2.75, 3.05) is 6.54 Å². The van der Waals surface area contributed by atoms with Crippen LogP contribution in [0.4, 0.5) is 4.39 Å². The van der Waals surface area contributed by atoms with E-state index in [9.17, 15) is 4.39 Å². The minimum absolute atomic E-state index is 0.162. The van der Waals surface area contributed by atoms with E-state index in [4.69, 9.17) is 10.5 Å². The maximum absolute atomic E-state index is 13.6. The molecular weight excluding hydrogens is 245 g/mol. The fourth-order valence-electron chi connectivity index (χ4n) is 1.54. The van der Waals surface area contributed by atoms with Gasteiger partial charge in [-0.3, -0.25) is 4.68 Å². The van der Waals surface area contributed by atoms with Crippen molar-refractivity contribution in [3.8, 4) is 17.6 Å². The molecule has 2 rings (SSSR count). The average Bonchev–Trinajstić information content (AvgIpc) is 2.82. The third kappa shape index (κ3) is 3.57. The number of hydrogen-bond acceptors (Lipinski definition) is 3. The second kappa shape index (κ2) is 6.03.